The molecule has 6 heteroatoms. The van der Waals surface area contributed by atoms with Gasteiger partial charge in [0.15, 0.2) is 6.61 Å². The maximum absolute atomic E-state index is 12.1. The molecule has 1 saturated heterocycles. The Morgan fingerprint density at radius 1 is 1.00 bits per heavy atom. The maximum atomic E-state index is 12.1. The third-order valence-electron chi connectivity index (χ3n) is 4.52. The maximum Gasteiger partial charge on any atom is 0.338 e. The van der Waals surface area contributed by atoms with E-state index in [0.717, 1.165) is 25.2 Å². The Bertz CT molecular complexity index is 781. The number of hydrogen-bond acceptors (Lipinski definition) is 5. The summed E-state index contributed by atoms with van der Waals surface area (Å²) in [5, 5.41) is 2.74. The molecule has 1 fully saturated rings. The molecule has 0 radical (unpaired) electrons. The van der Waals surface area contributed by atoms with Crippen LogP contribution in [0.1, 0.15) is 36.5 Å². The summed E-state index contributed by atoms with van der Waals surface area (Å²) in [6.45, 7) is 4.48. The number of nitrogens with zero attached hydrogens (tertiary/aromatic N) is 1. The van der Waals surface area contributed by atoms with Gasteiger partial charge in [0, 0.05) is 24.5 Å². The molecule has 1 amide bonds. The van der Waals surface area contributed by atoms with Crippen LogP contribution in [0.15, 0.2) is 48.5 Å². The topological polar surface area (TPSA) is 67.9 Å². The van der Waals surface area contributed by atoms with Gasteiger partial charge in [0.2, 0.25) is 0 Å². The quantitative estimate of drug-likeness (QED) is 0.702. The van der Waals surface area contributed by atoms with Gasteiger partial charge in [0.1, 0.15) is 5.75 Å². The minimum atomic E-state index is -0.540. The highest BCUT2D eigenvalue weighted by Gasteiger charge is 2.13. The van der Waals surface area contributed by atoms with Crippen LogP contribution in [0.3, 0.4) is 0 Å². The molecule has 6 nitrogen and oxygen atoms in total. The van der Waals surface area contributed by atoms with Gasteiger partial charge in [-0.15, -0.1) is 0 Å². The van der Waals surface area contributed by atoms with E-state index in [-0.39, 0.29) is 12.5 Å². The van der Waals surface area contributed by atoms with Gasteiger partial charge >= 0.3 is 5.97 Å². The summed E-state index contributed by atoms with van der Waals surface area (Å²) in [7, 11) is 0. The Morgan fingerprint density at radius 2 is 1.68 bits per heavy atom. The molecule has 0 unspecified atom stereocenters. The second-order valence-corrected chi connectivity index (χ2v) is 6.74. The molecule has 1 aliphatic rings. The van der Waals surface area contributed by atoms with E-state index >= 15 is 0 Å². The number of anilines is 2. The van der Waals surface area contributed by atoms with Gasteiger partial charge in [0.05, 0.1) is 12.2 Å². The summed E-state index contributed by atoms with van der Waals surface area (Å²) in [6, 6.07) is 14.4. The Balaban J connectivity index is 1.45. The van der Waals surface area contributed by atoms with E-state index in [9.17, 15) is 9.59 Å². The molecule has 28 heavy (non-hydrogen) atoms. The van der Waals surface area contributed by atoms with Gasteiger partial charge in [0.25, 0.3) is 5.91 Å². The van der Waals surface area contributed by atoms with Crippen molar-refractivity contribution in [1.82, 2.24) is 0 Å². The third kappa shape index (κ3) is 5.49. The molecule has 3 rings (SSSR count). The molecule has 0 aliphatic carbocycles. The minimum absolute atomic E-state index is 0.333. The number of hydrogen-bond donors (Lipinski definition) is 1. The zero-order valence-corrected chi connectivity index (χ0v) is 16.1. The molecular formula is C22H26N2O4. The van der Waals surface area contributed by atoms with E-state index in [0.29, 0.717) is 23.6 Å². The summed E-state index contributed by atoms with van der Waals surface area (Å²) in [6.07, 6.45) is 3.36. The van der Waals surface area contributed by atoms with E-state index in [4.69, 9.17) is 9.47 Å². The molecule has 0 spiro atoms. The molecule has 2 aromatic rings. The molecule has 0 bridgehead atoms. The predicted molar refractivity (Wildman–Crippen MR) is 109 cm³/mol. The van der Waals surface area contributed by atoms with Crippen molar-refractivity contribution in [2.24, 2.45) is 0 Å². The van der Waals surface area contributed by atoms with Crippen LogP contribution in [0.25, 0.3) is 0 Å². The van der Waals surface area contributed by atoms with Gasteiger partial charge in [-0.25, -0.2) is 4.79 Å². The van der Waals surface area contributed by atoms with Crippen molar-refractivity contribution in [2.45, 2.75) is 26.2 Å². The number of ether oxygens (including phenoxy) is 2. The van der Waals surface area contributed by atoms with Gasteiger partial charge in [-0.05, 0) is 67.8 Å². The largest absolute Gasteiger partial charge is 0.494 e. The van der Waals surface area contributed by atoms with Crippen LogP contribution in [0.5, 0.6) is 5.75 Å². The Labute approximate surface area is 165 Å². The summed E-state index contributed by atoms with van der Waals surface area (Å²) in [4.78, 5) is 26.4. The highest BCUT2D eigenvalue weighted by atomic mass is 16.5. The van der Waals surface area contributed by atoms with Crippen LogP contribution in [0, 0.1) is 0 Å². The SMILES string of the molecule is CCCOc1ccc(C(=O)OCC(=O)Nc2ccc(N3CCCC3)cc2)cc1. The standard InChI is InChI=1S/C22H26N2O4/c1-2-15-27-20-11-5-17(6-12-20)22(26)28-16-21(25)23-18-7-9-19(10-8-18)24-13-3-4-14-24/h5-12H,2-4,13-16H2,1H3,(H,23,25). The van der Waals surface area contributed by atoms with Gasteiger partial charge in [-0.2, -0.15) is 0 Å². The summed E-state index contributed by atoms with van der Waals surface area (Å²) < 4.78 is 10.6. The summed E-state index contributed by atoms with van der Waals surface area (Å²) >= 11 is 0. The van der Waals surface area contributed by atoms with Crippen LogP contribution >= 0.6 is 0 Å². The lowest BCUT2D eigenvalue weighted by Gasteiger charge is -2.17. The number of carbonyl (C=O) groups is 2. The van der Waals surface area contributed by atoms with Crippen LogP contribution in [-0.4, -0.2) is 38.2 Å². The van der Waals surface area contributed by atoms with E-state index < -0.39 is 5.97 Å². The van der Waals surface area contributed by atoms with Crippen molar-refractivity contribution in [3.05, 3.63) is 54.1 Å². The highest BCUT2D eigenvalue weighted by Crippen LogP contribution is 2.22. The van der Waals surface area contributed by atoms with Crippen molar-refractivity contribution >= 4 is 23.3 Å². The normalized spacial score (nSPS) is 13.2. The molecule has 1 aliphatic heterocycles. The van der Waals surface area contributed by atoms with Gasteiger partial charge < -0.3 is 19.7 Å². The molecular weight excluding hydrogens is 356 g/mol. The first-order valence-electron chi connectivity index (χ1n) is 9.70. The third-order valence-corrected chi connectivity index (χ3v) is 4.52. The van der Waals surface area contributed by atoms with Crippen molar-refractivity contribution in [2.75, 3.05) is 36.5 Å². The van der Waals surface area contributed by atoms with E-state index in [1.54, 1.807) is 24.3 Å². The molecule has 0 aromatic heterocycles. The number of rotatable bonds is 8. The number of nitrogens with one attached hydrogen (secondary N) is 1. The second-order valence-electron chi connectivity index (χ2n) is 6.74. The molecule has 2 aromatic carbocycles. The fourth-order valence-corrected chi connectivity index (χ4v) is 3.05. The van der Waals surface area contributed by atoms with Gasteiger partial charge in [-0.1, -0.05) is 6.92 Å². The minimum Gasteiger partial charge on any atom is -0.494 e. The smallest absolute Gasteiger partial charge is 0.338 e. The molecule has 148 valence electrons. The Hall–Kier alpha value is -3.02. The molecule has 1 heterocycles. The van der Waals surface area contributed by atoms with Crippen LogP contribution < -0.4 is 15.0 Å². The predicted octanol–water partition coefficient (Wildman–Crippen LogP) is 3.87. The molecule has 1 N–H and O–H groups in total. The Kier molecular flexibility index (Phi) is 6.89. The van der Waals surface area contributed by atoms with Crippen LogP contribution in [-0.2, 0) is 9.53 Å². The van der Waals surface area contributed by atoms with Crippen LogP contribution in [0.2, 0.25) is 0 Å². The van der Waals surface area contributed by atoms with E-state index in [2.05, 4.69) is 10.2 Å². The summed E-state index contributed by atoms with van der Waals surface area (Å²) in [5.74, 6) is -0.208. The second kappa shape index (κ2) is 9.78. The van der Waals surface area contributed by atoms with E-state index in [1.807, 2.05) is 31.2 Å². The average Bonchev–Trinajstić information content (AvgIpc) is 3.26. The van der Waals surface area contributed by atoms with Crippen molar-refractivity contribution < 1.29 is 19.1 Å². The molecule has 0 atom stereocenters. The fraction of sp³-hybridized carbons (Fsp3) is 0.364. The lowest BCUT2D eigenvalue weighted by molar-refractivity contribution is -0.119. The zero-order chi connectivity index (χ0) is 19.8. The lowest BCUT2D eigenvalue weighted by Crippen LogP contribution is -2.21. The van der Waals surface area contributed by atoms with Crippen LogP contribution in [0.4, 0.5) is 11.4 Å². The monoisotopic (exact) mass is 382 g/mol. The number of carbonyl (C=O) groups excluding carboxylic acids is 2. The van der Waals surface area contributed by atoms with Crippen molar-refractivity contribution in [3.63, 3.8) is 0 Å². The number of esters is 1. The van der Waals surface area contributed by atoms with Gasteiger partial charge in [-0.3, -0.25) is 4.79 Å². The van der Waals surface area contributed by atoms with E-state index in [1.165, 1.54) is 12.8 Å². The number of benzene rings is 2. The first-order chi connectivity index (χ1) is 13.7. The first kappa shape index (κ1) is 19.7. The first-order valence-corrected chi connectivity index (χ1v) is 9.70. The lowest BCUT2D eigenvalue weighted by atomic mass is 10.2. The summed E-state index contributed by atoms with van der Waals surface area (Å²) in [5.41, 5.74) is 2.22. The Morgan fingerprint density at radius 3 is 2.32 bits per heavy atom. The van der Waals surface area contributed by atoms with Crippen molar-refractivity contribution in [3.8, 4) is 5.75 Å². The molecule has 0 saturated carbocycles. The van der Waals surface area contributed by atoms with Crippen molar-refractivity contribution in [1.29, 1.82) is 0 Å². The number of amides is 1. The zero-order valence-electron chi connectivity index (χ0n) is 16.1. The average molecular weight is 382 g/mol. The fourth-order valence-electron chi connectivity index (χ4n) is 3.05. The highest BCUT2D eigenvalue weighted by molar-refractivity contribution is 5.95.